The van der Waals surface area contributed by atoms with Crippen LogP contribution >= 0.6 is 0 Å². The van der Waals surface area contributed by atoms with Crippen LogP contribution in [0, 0.1) is 0 Å². The topological polar surface area (TPSA) is 63.7 Å². The summed E-state index contributed by atoms with van der Waals surface area (Å²) in [6.07, 6.45) is -3.49. The largest absolute Gasteiger partial charge is 0.416 e. The Morgan fingerprint density at radius 1 is 1.10 bits per heavy atom. The lowest BCUT2D eigenvalue weighted by Crippen LogP contribution is -2.37. The minimum absolute atomic E-state index is 0.0109. The number of hydrogen-bond acceptors (Lipinski definition) is 4. The molecule has 0 aromatic heterocycles. The maximum absolute atomic E-state index is 12.8. The summed E-state index contributed by atoms with van der Waals surface area (Å²) in [5, 5.41) is 0. The predicted molar refractivity (Wildman–Crippen MR) is 106 cm³/mol. The molecule has 0 spiro atoms. The third-order valence-electron chi connectivity index (χ3n) is 4.68. The third kappa shape index (κ3) is 5.98. The molecule has 1 atom stereocenters. The third-order valence-corrected chi connectivity index (χ3v) is 5.92. The van der Waals surface area contributed by atoms with Crippen molar-refractivity contribution < 1.29 is 30.6 Å². The molecule has 164 valence electrons. The molecule has 0 bridgehead atoms. The number of benzene rings is 2. The average Bonchev–Trinajstić information content (AvgIpc) is 2.71. The van der Waals surface area contributed by atoms with E-state index in [-0.39, 0.29) is 17.7 Å². The maximum atomic E-state index is 12.8. The molecule has 0 saturated carbocycles. The number of carbonyl (C=O) groups excluding carboxylic acids is 1. The van der Waals surface area contributed by atoms with Gasteiger partial charge in [-0.1, -0.05) is 32.0 Å². The number of hydrogen-bond donors (Lipinski definition) is 0. The molecule has 30 heavy (non-hydrogen) atoms. The van der Waals surface area contributed by atoms with E-state index in [1.54, 1.807) is 24.0 Å². The van der Waals surface area contributed by atoms with E-state index < -0.39 is 26.8 Å². The fourth-order valence-corrected chi connectivity index (χ4v) is 3.74. The van der Waals surface area contributed by atoms with Crippen LogP contribution in [0.25, 0.3) is 0 Å². The number of nitrogens with zero attached hydrogens (tertiary/aromatic N) is 1. The summed E-state index contributed by atoms with van der Waals surface area (Å²) in [5.74, 6) is -0.0233. The Kier molecular flexibility index (Phi) is 7.52. The standard InChI is InChI=1S/C21H24F3NO4S/c1-4-15(3)25(20(26)5-2)14-16-9-11-18(12-10-16)29-30(27,28)19-8-6-7-17(13-19)21(22,23)24/h6-13,15H,4-5,14H2,1-3H3. The summed E-state index contributed by atoms with van der Waals surface area (Å²) in [4.78, 5) is 13.3. The molecule has 0 aliphatic rings. The van der Waals surface area contributed by atoms with E-state index >= 15 is 0 Å². The van der Waals surface area contributed by atoms with E-state index in [0.717, 1.165) is 30.2 Å². The van der Waals surface area contributed by atoms with Crippen molar-refractivity contribution in [1.82, 2.24) is 4.90 Å². The van der Waals surface area contributed by atoms with Gasteiger partial charge in [0.2, 0.25) is 5.91 Å². The van der Waals surface area contributed by atoms with E-state index in [1.807, 2.05) is 13.8 Å². The van der Waals surface area contributed by atoms with Crippen molar-refractivity contribution in [3.63, 3.8) is 0 Å². The van der Waals surface area contributed by atoms with E-state index in [4.69, 9.17) is 4.18 Å². The molecule has 0 radical (unpaired) electrons. The Morgan fingerprint density at radius 2 is 1.73 bits per heavy atom. The molecule has 2 aromatic carbocycles. The van der Waals surface area contributed by atoms with Crippen molar-refractivity contribution in [2.45, 2.75) is 57.3 Å². The Labute approximate surface area is 174 Å². The lowest BCUT2D eigenvalue weighted by molar-refractivity contribution is -0.137. The molecule has 1 amide bonds. The van der Waals surface area contributed by atoms with E-state index in [0.29, 0.717) is 19.0 Å². The Morgan fingerprint density at radius 3 is 2.27 bits per heavy atom. The Bertz CT molecular complexity index is 972. The van der Waals surface area contributed by atoms with Crippen LogP contribution in [-0.4, -0.2) is 25.3 Å². The molecule has 2 rings (SSSR count). The van der Waals surface area contributed by atoms with Gasteiger partial charge in [-0.25, -0.2) is 0 Å². The highest BCUT2D eigenvalue weighted by Crippen LogP contribution is 2.31. The minimum atomic E-state index is -4.66. The fourth-order valence-electron chi connectivity index (χ4n) is 2.76. The van der Waals surface area contributed by atoms with Gasteiger partial charge in [0.25, 0.3) is 0 Å². The first-order valence-electron chi connectivity index (χ1n) is 9.48. The predicted octanol–water partition coefficient (Wildman–Crippen LogP) is 5.01. The van der Waals surface area contributed by atoms with E-state index in [1.165, 1.54) is 12.1 Å². The molecular formula is C21H24F3NO4S. The summed E-state index contributed by atoms with van der Waals surface area (Å²) in [6, 6.07) is 9.48. The second kappa shape index (κ2) is 9.51. The highest BCUT2D eigenvalue weighted by atomic mass is 32.2. The van der Waals surface area contributed by atoms with Gasteiger partial charge in [-0.05, 0) is 49.2 Å². The normalized spacial score (nSPS) is 13.0. The summed E-state index contributed by atoms with van der Waals surface area (Å²) < 4.78 is 68.2. The van der Waals surface area contributed by atoms with Gasteiger partial charge < -0.3 is 9.08 Å². The van der Waals surface area contributed by atoms with Crippen LogP contribution in [0.4, 0.5) is 13.2 Å². The Balaban J connectivity index is 2.18. The molecule has 9 heteroatoms. The SMILES string of the molecule is CCC(=O)N(Cc1ccc(OS(=O)(=O)c2cccc(C(F)(F)F)c2)cc1)C(C)CC. The van der Waals surface area contributed by atoms with Crippen molar-refractivity contribution in [1.29, 1.82) is 0 Å². The van der Waals surface area contributed by atoms with Crippen LogP contribution in [0.15, 0.2) is 53.4 Å². The molecule has 0 fully saturated rings. The van der Waals surface area contributed by atoms with Gasteiger partial charge in [0, 0.05) is 19.0 Å². The molecule has 0 heterocycles. The zero-order valence-corrected chi connectivity index (χ0v) is 17.8. The molecule has 1 unspecified atom stereocenters. The number of amides is 1. The number of alkyl halides is 3. The smallest absolute Gasteiger partial charge is 0.379 e. The van der Waals surface area contributed by atoms with Crippen LogP contribution in [0.5, 0.6) is 5.75 Å². The summed E-state index contributed by atoms with van der Waals surface area (Å²) >= 11 is 0. The van der Waals surface area contributed by atoms with Crippen molar-refractivity contribution in [3.8, 4) is 5.75 Å². The summed E-state index contributed by atoms with van der Waals surface area (Å²) in [6.45, 7) is 6.08. The molecular weight excluding hydrogens is 419 g/mol. The van der Waals surface area contributed by atoms with Crippen LogP contribution in [0.3, 0.4) is 0 Å². The van der Waals surface area contributed by atoms with Crippen LogP contribution in [-0.2, 0) is 27.6 Å². The summed E-state index contributed by atoms with van der Waals surface area (Å²) in [7, 11) is -4.43. The maximum Gasteiger partial charge on any atom is 0.416 e. The number of halogens is 3. The van der Waals surface area contributed by atoms with Crippen LogP contribution in [0.2, 0.25) is 0 Å². The second-order valence-corrected chi connectivity index (χ2v) is 8.39. The van der Waals surface area contributed by atoms with E-state index in [9.17, 15) is 26.4 Å². The zero-order valence-electron chi connectivity index (χ0n) is 16.9. The lowest BCUT2D eigenvalue weighted by atomic mass is 10.1. The van der Waals surface area contributed by atoms with Crippen molar-refractivity contribution in [2.75, 3.05) is 0 Å². The number of carbonyl (C=O) groups is 1. The molecule has 0 aliphatic heterocycles. The monoisotopic (exact) mass is 443 g/mol. The van der Waals surface area contributed by atoms with Crippen molar-refractivity contribution >= 4 is 16.0 Å². The highest BCUT2D eigenvalue weighted by Gasteiger charge is 2.32. The molecule has 5 nitrogen and oxygen atoms in total. The molecule has 2 aromatic rings. The molecule has 0 aliphatic carbocycles. The van der Waals surface area contributed by atoms with Gasteiger partial charge in [-0.15, -0.1) is 0 Å². The quantitative estimate of drug-likeness (QED) is 0.538. The second-order valence-electron chi connectivity index (χ2n) is 6.84. The average molecular weight is 443 g/mol. The van der Waals surface area contributed by atoms with Gasteiger partial charge in [0.05, 0.1) is 5.56 Å². The molecule has 0 saturated heterocycles. The van der Waals surface area contributed by atoms with Crippen LogP contribution in [0.1, 0.15) is 44.7 Å². The first-order valence-corrected chi connectivity index (χ1v) is 10.9. The van der Waals surface area contributed by atoms with Gasteiger partial charge >= 0.3 is 16.3 Å². The fraction of sp³-hybridized carbons (Fsp3) is 0.381. The van der Waals surface area contributed by atoms with Gasteiger partial charge in [-0.3, -0.25) is 4.79 Å². The minimum Gasteiger partial charge on any atom is -0.379 e. The zero-order chi connectivity index (χ0) is 22.5. The first-order chi connectivity index (χ1) is 14.0. The highest BCUT2D eigenvalue weighted by molar-refractivity contribution is 7.87. The van der Waals surface area contributed by atoms with Gasteiger partial charge in [0.15, 0.2) is 0 Å². The molecule has 0 N–H and O–H groups in total. The van der Waals surface area contributed by atoms with Gasteiger partial charge in [-0.2, -0.15) is 21.6 Å². The van der Waals surface area contributed by atoms with Crippen LogP contribution < -0.4 is 4.18 Å². The van der Waals surface area contributed by atoms with Crippen molar-refractivity contribution in [2.24, 2.45) is 0 Å². The summed E-state index contributed by atoms with van der Waals surface area (Å²) in [5.41, 5.74) is -0.297. The van der Waals surface area contributed by atoms with E-state index in [2.05, 4.69) is 0 Å². The van der Waals surface area contributed by atoms with Gasteiger partial charge in [0.1, 0.15) is 10.6 Å². The van der Waals surface area contributed by atoms with Crippen molar-refractivity contribution in [3.05, 3.63) is 59.7 Å². The lowest BCUT2D eigenvalue weighted by Gasteiger charge is -2.28. The Hall–Kier alpha value is -2.55. The first kappa shape index (κ1) is 23.7. The number of rotatable bonds is 8.